The van der Waals surface area contributed by atoms with Gasteiger partial charge in [0.2, 0.25) is 5.88 Å². The fourth-order valence-electron chi connectivity index (χ4n) is 4.20. The minimum Gasteiger partial charge on any atom is -0.480 e. The largest absolute Gasteiger partial charge is 0.480 e. The molecule has 0 aliphatic carbocycles. The number of hydrogen-bond donors (Lipinski definition) is 0. The summed E-state index contributed by atoms with van der Waals surface area (Å²) in [4.78, 5) is 21.5. The van der Waals surface area contributed by atoms with Crippen molar-refractivity contribution >= 4 is 22.4 Å². The van der Waals surface area contributed by atoms with E-state index >= 15 is 0 Å². The van der Waals surface area contributed by atoms with Gasteiger partial charge in [-0.3, -0.25) is 4.57 Å². The lowest BCUT2D eigenvalue weighted by atomic mass is 10.1. The third-order valence-electron chi connectivity index (χ3n) is 6.32. The lowest BCUT2D eigenvalue weighted by Gasteiger charge is -2.20. The van der Waals surface area contributed by atoms with Crippen molar-refractivity contribution in [3.8, 4) is 23.1 Å². The SMILES string of the molecule is CCn1c(COCc2ccccc2)nn(-c2cc(O[C@@H](C)C(F)(F)F)c3c(Oc4cccnc4Cl)nccc3c2)c1=O. The highest BCUT2D eigenvalue weighted by Crippen LogP contribution is 2.39. The summed E-state index contributed by atoms with van der Waals surface area (Å²) in [6, 6.07) is 17.1. The van der Waals surface area contributed by atoms with Crippen LogP contribution in [0.15, 0.2) is 77.9 Å². The first kappa shape index (κ1) is 29.1. The maximum Gasteiger partial charge on any atom is 0.425 e. The van der Waals surface area contributed by atoms with Crippen LogP contribution < -0.4 is 15.2 Å². The van der Waals surface area contributed by atoms with Gasteiger partial charge in [0.15, 0.2) is 22.8 Å². The van der Waals surface area contributed by atoms with Gasteiger partial charge >= 0.3 is 11.9 Å². The molecule has 218 valence electrons. The van der Waals surface area contributed by atoms with Crippen LogP contribution in [0.25, 0.3) is 16.5 Å². The predicted octanol–water partition coefficient (Wildman–Crippen LogP) is 6.49. The molecule has 0 unspecified atom stereocenters. The van der Waals surface area contributed by atoms with Gasteiger partial charge in [-0.15, -0.1) is 5.10 Å². The molecule has 3 heterocycles. The molecule has 0 spiro atoms. The molecule has 5 aromatic rings. The number of benzene rings is 2. The Morgan fingerprint density at radius 3 is 2.48 bits per heavy atom. The van der Waals surface area contributed by atoms with Crippen LogP contribution in [0.5, 0.6) is 17.4 Å². The summed E-state index contributed by atoms with van der Waals surface area (Å²) in [7, 11) is 0. The second-order valence-electron chi connectivity index (χ2n) is 9.19. The summed E-state index contributed by atoms with van der Waals surface area (Å²) in [5, 5.41) is 5.03. The molecule has 3 aromatic heterocycles. The number of aromatic nitrogens is 5. The minimum atomic E-state index is -4.66. The van der Waals surface area contributed by atoms with Gasteiger partial charge < -0.3 is 14.2 Å². The Bertz CT molecular complexity index is 1760. The number of nitrogens with zero attached hydrogens (tertiary/aromatic N) is 5. The van der Waals surface area contributed by atoms with E-state index in [1.807, 2.05) is 30.3 Å². The van der Waals surface area contributed by atoms with Gasteiger partial charge in [0.05, 0.1) is 17.7 Å². The molecule has 42 heavy (non-hydrogen) atoms. The highest BCUT2D eigenvalue weighted by atomic mass is 35.5. The molecule has 2 aromatic carbocycles. The van der Waals surface area contributed by atoms with Gasteiger partial charge in [-0.05, 0) is 49.1 Å². The Balaban J connectivity index is 1.57. The van der Waals surface area contributed by atoms with E-state index in [2.05, 4.69) is 15.1 Å². The van der Waals surface area contributed by atoms with Gasteiger partial charge in [-0.25, -0.2) is 14.8 Å². The third kappa shape index (κ3) is 6.24. The molecule has 0 aliphatic heterocycles. The van der Waals surface area contributed by atoms with Gasteiger partial charge in [-0.2, -0.15) is 17.9 Å². The fraction of sp³-hybridized carbons (Fsp3) is 0.241. The Morgan fingerprint density at radius 1 is 0.976 bits per heavy atom. The van der Waals surface area contributed by atoms with E-state index in [-0.39, 0.29) is 40.2 Å². The maximum absolute atomic E-state index is 13.6. The zero-order chi connectivity index (χ0) is 29.9. The van der Waals surface area contributed by atoms with Crippen molar-refractivity contribution in [2.45, 2.75) is 45.9 Å². The van der Waals surface area contributed by atoms with Crippen LogP contribution in [-0.2, 0) is 24.5 Å². The molecular weight excluding hydrogens is 575 g/mol. The van der Waals surface area contributed by atoms with Gasteiger partial charge in [0.1, 0.15) is 12.4 Å². The van der Waals surface area contributed by atoms with Crippen LogP contribution >= 0.6 is 11.6 Å². The van der Waals surface area contributed by atoms with Crippen LogP contribution in [0, 0.1) is 0 Å². The van der Waals surface area contributed by atoms with Crippen molar-refractivity contribution in [3.63, 3.8) is 0 Å². The molecule has 0 saturated carbocycles. The molecule has 0 fully saturated rings. The molecular formula is C29H25ClF3N5O4. The average molecular weight is 600 g/mol. The van der Waals surface area contributed by atoms with Gasteiger partial charge in [-0.1, -0.05) is 41.9 Å². The summed E-state index contributed by atoms with van der Waals surface area (Å²) in [5.74, 6) is 0.237. The molecule has 5 rings (SSSR count). The molecule has 0 N–H and O–H groups in total. The van der Waals surface area contributed by atoms with Crippen LogP contribution in [0.3, 0.4) is 0 Å². The molecule has 0 bridgehead atoms. The van der Waals surface area contributed by atoms with Crippen LogP contribution in [0.4, 0.5) is 13.2 Å². The lowest BCUT2D eigenvalue weighted by Crippen LogP contribution is -2.31. The zero-order valence-corrected chi connectivity index (χ0v) is 23.3. The quantitative estimate of drug-likeness (QED) is 0.169. The Kier molecular flexibility index (Phi) is 8.46. The smallest absolute Gasteiger partial charge is 0.425 e. The number of halogens is 4. The van der Waals surface area contributed by atoms with E-state index in [9.17, 15) is 18.0 Å². The van der Waals surface area contributed by atoms with Crippen molar-refractivity contribution < 1.29 is 27.4 Å². The van der Waals surface area contributed by atoms with E-state index in [4.69, 9.17) is 25.8 Å². The van der Waals surface area contributed by atoms with Crippen LogP contribution in [-0.4, -0.2) is 36.6 Å². The average Bonchev–Trinajstić information content (AvgIpc) is 3.29. The Hall–Kier alpha value is -4.42. The number of alkyl halides is 3. The van der Waals surface area contributed by atoms with Crippen molar-refractivity contribution in [3.05, 3.63) is 100 Å². The van der Waals surface area contributed by atoms with Crippen LogP contribution in [0.2, 0.25) is 5.15 Å². The first-order valence-electron chi connectivity index (χ1n) is 12.9. The standard InChI is InChI=1S/C29H25ClF3N5O4/c1-3-37-24(17-40-16-19-8-5-4-6-9-19)36-38(28(37)39)21-14-20-11-13-35-27(42-22-10-7-12-34-26(22)30)25(20)23(15-21)41-18(2)29(31,32)33/h4-15,18H,3,16-17H2,1-2H3/t18-/m0/s1. The van der Waals surface area contributed by atoms with Gasteiger partial charge in [0.25, 0.3) is 0 Å². The highest BCUT2D eigenvalue weighted by molar-refractivity contribution is 6.30. The first-order valence-corrected chi connectivity index (χ1v) is 13.3. The summed E-state index contributed by atoms with van der Waals surface area (Å²) in [6.07, 6.45) is -3.97. The monoisotopic (exact) mass is 599 g/mol. The third-order valence-corrected chi connectivity index (χ3v) is 6.60. The number of fused-ring (bicyclic) bond motifs is 1. The van der Waals surface area contributed by atoms with E-state index in [0.717, 1.165) is 17.2 Å². The van der Waals surface area contributed by atoms with E-state index in [1.165, 1.54) is 23.0 Å². The van der Waals surface area contributed by atoms with Crippen molar-refractivity contribution in [1.29, 1.82) is 0 Å². The van der Waals surface area contributed by atoms with Gasteiger partial charge in [0, 0.05) is 25.0 Å². The maximum atomic E-state index is 13.6. The van der Waals surface area contributed by atoms with Crippen molar-refractivity contribution in [2.75, 3.05) is 0 Å². The molecule has 0 amide bonds. The summed E-state index contributed by atoms with van der Waals surface area (Å²) in [5.41, 5.74) is 0.652. The second kappa shape index (κ2) is 12.2. The molecule has 0 radical (unpaired) electrons. The number of ether oxygens (including phenoxy) is 3. The Labute approximate surface area is 243 Å². The van der Waals surface area contributed by atoms with E-state index < -0.39 is 18.0 Å². The lowest BCUT2D eigenvalue weighted by molar-refractivity contribution is -0.189. The minimum absolute atomic E-state index is 0.0396. The molecule has 0 aliphatic rings. The predicted molar refractivity (Wildman–Crippen MR) is 149 cm³/mol. The second-order valence-corrected chi connectivity index (χ2v) is 9.55. The summed E-state index contributed by atoms with van der Waals surface area (Å²) >= 11 is 6.13. The Morgan fingerprint density at radius 2 is 1.76 bits per heavy atom. The normalized spacial score (nSPS) is 12.4. The molecule has 1 atom stereocenters. The van der Waals surface area contributed by atoms with E-state index in [0.29, 0.717) is 24.4 Å². The van der Waals surface area contributed by atoms with Crippen LogP contribution in [0.1, 0.15) is 25.2 Å². The fourth-order valence-corrected chi connectivity index (χ4v) is 4.36. The number of pyridine rings is 2. The molecule has 13 heteroatoms. The molecule has 0 saturated heterocycles. The zero-order valence-electron chi connectivity index (χ0n) is 22.5. The first-order chi connectivity index (χ1) is 20.2. The topological polar surface area (TPSA) is 93.3 Å². The highest BCUT2D eigenvalue weighted by Gasteiger charge is 2.38. The summed E-state index contributed by atoms with van der Waals surface area (Å²) in [6.45, 7) is 3.32. The number of hydrogen-bond acceptors (Lipinski definition) is 7. The van der Waals surface area contributed by atoms with E-state index in [1.54, 1.807) is 31.2 Å². The van der Waals surface area contributed by atoms with Crippen molar-refractivity contribution in [1.82, 2.24) is 24.3 Å². The number of rotatable bonds is 10. The molecule has 9 nitrogen and oxygen atoms in total. The summed E-state index contributed by atoms with van der Waals surface area (Å²) < 4.78 is 60.3. The van der Waals surface area contributed by atoms with Crippen molar-refractivity contribution in [2.24, 2.45) is 0 Å².